The van der Waals surface area contributed by atoms with Crippen molar-refractivity contribution >= 4 is 49.2 Å². The average molecular weight is 448 g/mol. The molecule has 0 N–H and O–H groups in total. The van der Waals surface area contributed by atoms with Gasteiger partial charge in [-0.25, -0.2) is 0 Å². The van der Waals surface area contributed by atoms with Crippen molar-refractivity contribution in [3.63, 3.8) is 0 Å². The van der Waals surface area contributed by atoms with Crippen molar-refractivity contribution in [2.24, 2.45) is 0 Å². The molecule has 0 saturated carbocycles. The third kappa shape index (κ3) is 2.82. The van der Waals surface area contributed by atoms with Gasteiger partial charge in [0.25, 0.3) is 0 Å². The summed E-state index contributed by atoms with van der Waals surface area (Å²) in [6.45, 7) is 0. The van der Waals surface area contributed by atoms with Gasteiger partial charge in [0, 0.05) is 0 Å². The van der Waals surface area contributed by atoms with Crippen molar-refractivity contribution in [1.82, 2.24) is 0 Å². The van der Waals surface area contributed by atoms with Crippen LogP contribution in [0, 0.1) is 0 Å². The Balaban J connectivity index is 2.29. The molecule has 106 valence electrons. The normalized spacial score (nSPS) is 12.0. The molecule has 0 saturated heterocycles. The summed E-state index contributed by atoms with van der Waals surface area (Å²) in [4.78, 5) is 0. The van der Waals surface area contributed by atoms with E-state index in [0.29, 0.717) is 0 Å². The van der Waals surface area contributed by atoms with E-state index in [1.54, 1.807) is 0 Å². The van der Waals surface area contributed by atoms with E-state index in [2.05, 4.69) is 114 Å². The maximum absolute atomic E-state index is 2.60. The summed E-state index contributed by atoms with van der Waals surface area (Å²) in [6, 6.07) is 33.3. The molecular formula is C19H18AsI. The molecule has 0 bridgehead atoms. The van der Waals surface area contributed by atoms with Gasteiger partial charge in [-0.2, -0.15) is 0 Å². The van der Waals surface area contributed by atoms with Crippen molar-refractivity contribution in [2.45, 2.75) is 0 Å². The molecule has 0 aliphatic heterocycles. The van der Waals surface area contributed by atoms with Crippen molar-refractivity contribution in [3.05, 3.63) is 91.0 Å². The van der Waals surface area contributed by atoms with Gasteiger partial charge >= 0.3 is 143 Å². The molecule has 0 amide bonds. The Morgan fingerprint density at radius 2 is 0.810 bits per heavy atom. The van der Waals surface area contributed by atoms with E-state index in [0.717, 1.165) is 0 Å². The number of hydrogen-bond acceptors (Lipinski definition) is 0. The van der Waals surface area contributed by atoms with Crippen LogP contribution in [-0.4, -0.2) is 16.8 Å². The molecular weight excluding hydrogens is 430 g/mol. The maximum atomic E-state index is 2.60. The first-order valence-corrected chi connectivity index (χ1v) is 13.3. The van der Waals surface area contributed by atoms with Gasteiger partial charge in [-0.05, 0) is 0 Å². The fourth-order valence-corrected chi connectivity index (χ4v) is 17.6. The Morgan fingerprint density at radius 3 is 1.05 bits per heavy atom. The predicted molar refractivity (Wildman–Crippen MR) is 104 cm³/mol. The molecule has 0 heterocycles. The van der Waals surface area contributed by atoms with Crippen LogP contribution in [0.15, 0.2) is 91.0 Å². The van der Waals surface area contributed by atoms with Crippen LogP contribution >= 0.6 is 22.6 Å². The molecule has 0 radical (unpaired) electrons. The second-order valence-electron chi connectivity index (χ2n) is 5.14. The van der Waals surface area contributed by atoms with Crippen molar-refractivity contribution in [2.75, 3.05) is 3.22 Å². The molecule has 0 atom stereocenters. The van der Waals surface area contributed by atoms with Crippen LogP contribution in [0.1, 0.15) is 0 Å². The van der Waals surface area contributed by atoms with Gasteiger partial charge in [-0.3, -0.25) is 0 Å². The summed E-state index contributed by atoms with van der Waals surface area (Å²) in [6.07, 6.45) is 0. The fraction of sp³-hybridized carbons (Fsp3) is 0.0526. The fourth-order valence-electron chi connectivity index (χ4n) is 2.90. The molecule has 0 aromatic heterocycles. The molecule has 2 heteroatoms. The zero-order valence-electron chi connectivity index (χ0n) is 11.7. The number of alkyl halides is 1. The summed E-state index contributed by atoms with van der Waals surface area (Å²) in [5.41, 5.74) is 0. The Kier molecular flexibility index (Phi) is 4.82. The Bertz CT molecular complexity index is 584. The van der Waals surface area contributed by atoms with E-state index >= 15 is 0 Å². The van der Waals surface area contributed by atoms with Gasteiger partial charge in [-0.1, -0.05) is 0 Å². The van der Waals surface area contributed by atoms with Gasteiger partial charge in [0.2, 0.25) is 0 Å². The topological polar surface area (TPSA) is 0 Å². The van der Waals surface area contributed by atoms with Crippen LogP contribution in [0.4, 0.5) is 0 Å². The Labute approximate surface area is 142 Å². The summed E-state index contributed by atoms with van der Waals surface area (Å²) < 4.78 is 5.79. The quantitative estimate of drug-likeness (QED) is 0.327. The summed E-state index contributed by atoms with van der Waals surface area (Å²) in [5, 5.41) is 0. The predicted octanol–water partition coefficient (Wildman–Crippen LogP) is 2.86. The molecule has 3 aromatic rings. The monoisotopic (exact) mass is 448 g/mol. The molecule has 0 nitrogen and oxygen atoms in total. The third-order valence-electron chi connectivity index (χ3n) is 4.00. The first kappa shape index (κ1) is 14.9. The average Bonchev–Trinajstić information content (AvgIpc) is 2.59. The molecule has 0 unspecified atom stereocenters. The van der Waals surface area contributed by atoms with Crippen molar-refractivity contribution < 1.29 is 0 Å². The summed E-state index contributed by atoms with van der Waals surface area (Å²) in [5.74, 6) is 0. The van der Waals surface area contributed by atoms with Gasteiger partial charge in [0.1, 0.15) is 0 Å². The zero-order valence-corrected chi connectivity index (χ0v) is 16.0. The number of rotatable bonds is 4. The van der Waals surface area contributed by atoms with Gasteiger partial charge in [0.15, 0.2) is 0 Å². The standard InChI is InChI=1S/C19H18AsI/c21-16-20(17-10-4-1-5-11-17,18-12-6-2-7-13-18)19-14-8-3-9-15-19/h1-15,20H,16H2. The first-order valence-electron chi connectivity index (χ1n) is 7.10. The van der Waals surface area contributed by atoms with Crippen LogP contribution in [-0.2, 0) is 0 Å². The van der Waals surface area contributed by atoms with E-state index in [4.69, 9.17) is 0 Å². The number of halogens is 1. The molecule has 3 aromatic carbocycles. The second-order valence-corrected chi connectivity index (χ2v) is 17.1. The number of benzene rings is 3. The van der Waals surface area contributed by atoms with Gasteiger partial charge in [0.05, 0.1) is 0 Å². The van der Waals surface area contributed by atoms with Crippen molar-refractivity contribution in [1.29, 1.82) is 0 Å². The van der Waals surface area contributed by atoms with Crippen LogP contribution in [0.5, 0.6) is 0 Å². The van der Waals surface area contributed by atoms with E-state index < -0.39 is 13.6 Å². The molecule has 3 rings (SSSR count). The SMILES string of the molecule is IC[AsH](c1ccccc1)(c1ccccc1)c1ccccc1. The minimum atomic E-state index is -2.55. The van der Waals surface area contributed by atoms with E-state index in [1.807, 2.05) is 0 Å². The molecule has 21 heavy (non-hydrogen) atoms. The Hall–Kier alpha value is -1.05. The van der Waals surface area contributed by atoms with Gasteiger partial charge < -0.3 is 0 Å². The summed E-state index contributed by atoms with van der Waals surface area (Å²) in [7, 11) is 0. The molecule has 0 aliphatic carbocycles. The third-order valence-corrected chi connectivity index (χ3v) is 19.1. The van der Waals surface area contributed by atoms with Gasteiger partial charge in [-0.15, -0.1) is 0 Å². The number of hydrogen-bond donors (Lipinski definition) is 0. The van der Waals surface area contributed by atoms with Crippen LogP contribution < -0.4 is 13.1 Å². The van der Waals surface area contributed by atoms with E-state index in [-0.39, 0.29) is 0 Å². The first-order chi connectivity index (χ1) is 10.4. The summed E-state index contributed by atoms with van der Waals surface area (Å²) >= 11 is 0.0486. The van der Waals surface area contributed by atoms with Crippen molar-refractivity contribution in [3.8, 4) is 0 Å². The molecule has 0 fully saturated rings. The zero-order chi connectivity index (χ0) is 14.5. The van der Waals surface area contributed by atoms with Crippen LogP contribution in [0.2, 0.25) is 0 Å². The second kappa shape index (κ2) is 6.81. The van der Waals surface area contributed by atoms with E-state index in [9.17, 15) is 0 Å². The molecule has 0 spiro atoms. The molecule has 0 aliphatic rings. The Morgan fingerprint density at radius 1 is 0.524 bits per heavy atom. The van der Waals surface area contributed by atoms with E-state index in [1.165, 1.54) is 16.3 Å². The van der Waals surface area contributed by atoms with Crippen LogP contribution in [0.3, 0.4) is 0 Å². The minimum absolute atomic E-state index is 1.19. The van der Waals surface area contributed by atoms with Crippen LogP contribution in [0.25, 0.3) is 0 Å².